The Hall–Kier alpha value is -2.15. The van der Waals surface area contributed by atoms with E-state index in [1.54, 1.807) is 0 Å². The van der Waals surface area contributed by atoms with Gasteiger partial charge in [-0.15, -0.1) is 0 Å². The number of allylic oxidation sites excluding steroid dienone is 1. The Morgan fingerprint density at radius 3 is 1.77 bits per heavy atom. The first-order valence-corrected chi connectivity index (χ1v) is 11.6. The van der Waals surface area contributed by atoms with Crippen molar-refractivity contribution in [1.29, 1.82) is 0 Å². The summed E-state index contributed by atoms with van der Waals surface area (Å²) in [6, 6.07) is 23.4. The zero-order valence-electron chi connectivity index (χ0n) is 15.7. The van der Waals surface area contributed by atoms with E-state index < -0.39 is 0 Å². The lowest BCUT2D eigenvalue weighted by molar-refractivity contribution is -0.111. The zero-order valence-corrected chi connectivity index (χ0v) is 20.5. The molecular formula is C24H17Br3N2O. The van der Waals surface area contributed by atoms with Gasteiger partial charge in [-0.2, -0.15) is 0 Å². The van der Waals surface area contributed by atoms with E-state index in [9.17, 15) is 4.79 Å². The molecule has 6 heteroatoms. The first kappa shape index (κ1) is 21.1. The summed E-state index contributed by atoms with van der Waals surface area (Å²) in [5, 5.41) is 6.72. The maximum absolute atomic E-state index is 13.2. The summed E-state index contributed by atoms with van der Waals surface area (Å²) in [4.78, 5) is 13.2. The minimum atomic E-state index is -0.236. The van der Waals surface area contributed by atoms with Crippen LogP contribution in [0.4, 0.5) is 11.4 Å². The Morgan fingerprint density at radius 2 is 1.20 bits per heavy atom. The van der Waals surface area contributed by atoms with E-state index in [0.717, 1.165) is 30.4 Å². The molecule has 0 spiro atoms. The molecule has 0 fully saturated rings. The third kappa shape index (κ3) is 5.12. The Bertz CT molecular complexity index is 1120. The molecule has 2 N–H and O–H groups in total. The van der Waals surface area contributed by atoms with Crippen LogP contribution in [0.3, 0.4) is 0 Å². The molecule has 0 amide bonds. The smallest absolute Gasteiger partial charge is 0.207 e. The first-order chi connectivity index (χ1) is 14.5. The Balaban J connectivity index is 1.65. The average molecular weight is 589 g/mol. The van der Waals surface area contributed by atoms with Crippen molar-refractivity contribution >= 4 is 71.0 Å². The van der Waals surface area contributed by atoms with E-state index in [-0.39, 0.29) is 11.8 Å². The molecule has 0 saturated carbocycles. The number of hydrogen-bond donors (Lipinski definition) is 2. The van der Waals surface area contributed by atoms with Crippen LogP contribution in [-0.2, 0) is 4.79 Å². The van der Waals surface area contributed by atoms with Crippen LogP contribution in [0, 0.1) is 0 Å². The second-order valence-corrected chi connectivity index (χ2v) is 9.57. The summed E-state index contributed by atoms with van der Waals surface area (Å²) in [6.07, 6.45) is 3.88. The number of carbonyl (C=O) groups is 1. The minimum Gasteiger partial charge on any atom is -0.374 e. The fourth-order valence-electron chi connectivity index (χ4n) is 3.16. The van der Waals surface area contributed by atoms with Gasteiger partial charge < -0.3 is 10.6 Å². The van der Waals surface area contributed by atoms with Gasteiger partial charge in [-0.3, -0.25) is 4.79 Å². The fraction of sp³-hybridized carbons (Fsp3) is 0.0417. The van der Waals surface area contributed by atoms with Crippen LogP contribution >= 0.6 is 47.8 Å². The van der Waals surface area contributed by atoms with Crippen molar-refractivity contribution in [2.75, 3.05) is 10.6 Å². The molecule has 1 atom stereocenters. The van der Waals surface area contributed by atoms with Crippen LogP contribution in [-0.4, -0.2) is 11.8 Å². The van der Waals surface area contributed by atoms with Gasteiger partial charge in [0.15, 0.2) is 0 Å². The van der Waals surface area contributed by atoms with E-state index in [4.69, 9.17) is 0 Å². The molecule has 4 rings (SSSR count). The first-order valence-electron chi connectivity index (χ1n) is 9.26. The molecule has 3 aromatic rings. The quantitative estimate of drug-likeness (QED) is 0.305. The number of rotatable bonds is 5. The van der Waals surface area contributed by atoms with Gasteiger partial charge in [-0.05, 0) is 78.4 Å². The van der Waals surface area contributed by atoms with Crippen molar-refractivity contribution < 1.29 is 4.79 Å². The van der Waals surface area contributed by atoms with Crippen LogP contribution in [0.2, 0.25) is 0 Å². The highest BCUT2D eigenvalue weighted by Crippen LogP contribution is 2.29. The van der Waals surface area contributed by atoms with Gasteiger partial charge in [0.2, 0.25) is 5.78 Å². The molecular weight excluding hydrogens is 572 g/mol. The van der Waals surface area contributed by atoms with Crippen molar-refractivity contribution in [3.05, 3.63) is 109 Å². The average Bonchev–Trinajstić information content (AvgIpc) is 3.02. The number of anilines is 2. The van der Waals surface area contributed by atoms with Gasteiger partial charge in [0.05, 0.1) is 11.7 Å². The molecule has 150 valence electrons. The van der Waals surface area contributed by atoms with Gasteiger partial charge in [-0.1, -0.05) is 59.9 Å². The van der Waals surface area contributed by atoms with Gasteiger partial charge in [0, 0.05) is 30.4 Å². The summed E-state index contributed by atoms with van der Waals surface area (Å²) in [7, 11) is 0. The van der Waals surface area contributed by atoms with E-state index in [0.29, 0.717) is 11.3 Å². The van der Waals surface area contributed by atoms with Gasteiger partial charge in [0.25, 0.3) is 0 Å². The molecule has 0 radical (unpaired) electrons. The highest BCUT2D eigenvalue weighted by molar-refractivity contribution is 9.11. The maximum Gasteiger partial charge on any atom is 0.207 e. The zero-order chi connectivity index (χ0) is 21.1. The molecule has 0 heterocycles. The largest absolute Gasteiger partial charge is 0.374 e. The van der Waals surface area contributed by atoms with E-state index in [1.807, 2.05) is 84.9 Å². The number of Topliss-reactive ketones (excluding diaryl/α,β-unsaturated/α-hetero) is 1. The van der Waals surface area contributed by atoms with Crippen molar-refractivity contribution in [1.82, 2.24) is 0 Å². The molecule has 1 unspecified atom stereocenters. The van der Waals surface area contributed by atoms with Gasteiger partial charge >= 0.3 is 0 Å². The van der Waals surface area contributed by atoms with Crippen LogP contribution < -0.4 is 10.6 Å². The number of ketones is 1. The highest BCUT2D eigenvalue weighted by Gasteiger charge is 2.30. The molecule has 3 nitrogen and oxygen atoms in total. The molecule has 30 heavy (non-hydrogen) atoms. The van der Waals surface area contributed by atoms with Crippen molar-refractivity contribution in [2.24, 2.45) is 0 Å². The third-order valence-electron chi connectivity index (χ3n) is 4.66. The van der Waals surface area contributed by atoms with Crippen molar-refractivity contribution in [3.8, 4) is 0 Å². The van der Waals surface area contributed by atoms with Crippen LogP contribution in [0.25, 0.3) is 6.08 Å². The monoisotopic (exact) mass is 586 g/mol. The standard InChI is InChI=1S/C24H17Br3N2O/c25-16-3-1-15(2-4-16)13-21-22(28-19-9-5-17(26)6-10-19)14-23(24(21)30)29-20-11-7-18(27)8-12-20/h1-14,22,28-29H/b21-13+. The minimum absolute atomic E-state index is 0.0181. The molecule has 0 saturated heterocycles. The lowest BCUT2D eigenvalue weighted by Gasteiger charge is -2.14. The molecule has 3 aromatic carbocycles. The van der Waals surface area contributed by atoms with E-state index in [2.05, 4.69) is 58.4 Å². The fourth-order valence-corrected chi connectivity index (χ4v) is 3.95. The highest BCUT2D eigenvalue weighted by atomic mass is 79.9. The third-order valence-corrected chi connectivity index (χ3v) is 6.24. The predicted octanol–water partition coefficient (Wildman–Crippen LogP) is 7.42. The SMILES string of the molecule is O=C1C(Nc2ccc(Br)cc2)=CC(Nc2ccc(Br)cc2)/C1=C\c1ccc(Br)cc1. The van der Waals surface area contributed by atoms with Crippen molar-refractivity contribution in [2.45, 2.75) is 6.04 Å². The normalized spacial score (nSPS) is 17.2. The molecule has 0 aromatic heterocycles. The van der Waals surface area contributed by atoms with Crippen LogP contribution in [0.15, 0.2) is 104 Å². The second kappa shape index (κ2) is 9.33. The predicted molar refractivity (Wildman–Crippen MR) is 135 cm³/mol. The second-order valence-electron chi connectivity index (χ2n) is 6.82. The van der Waals surface area contributed by atoms with Crippen LogP contribution in [0.1, 0.15) is 5.56 Å². The summed E-state index contributed by atoms with van der Waals surface area (Å²) < 4.78 is 3.00. The topological polar surface area (TPSA) is 41.1 Å². The summed E-state index contributed by atoms with van der Waals surface area (Å²) >= 11 is 10.4. The van der Waals surface area contributed by atoms with Crippen molar-refractivity contribution in [3.63, 3.8) is 0 Å². The van der Waals surface area contributed by atoms with Crippen LogP contribution in [0.5, 0.6) is 0 Å². The number of nitrogens with one attached hydrogen (secondary N) is 2. The molecule has 0 aliphatic heterocycles. The number of carbonyl (C=O) groups excluding carboxylic acids is 1. The molecule has 1 aliphatic rings. The molecule has 1 aliphatic carbocycles. The van der Waals surface area contributed by atoms with Gasteiger partial charge in [-0.25, -0.2) is 0 Å². The lowest BCUT2D eigenvalue weighted by atomic mass is 10.0. The summed E-state index contributed by atoms with van der Waals surface area (Å²) in [6.45, 7) is 0. The van der Waals surface area contributed by atoms with E-state index in [1.165, 1.54) is 0 Å². The summed E-state index contributed by atoms with van der Waals surface area (Å²) in [5.74, 6) is -0.0181. The maximum atomic E-state index is 13.2. The Morgan fingerprint density at radius 1 is 0.700 bits per heavy atom. The number of hydrogen-bond acceptors (Lipinski definition) is 3. The number of halogens is 3. The van der Waals surface area contributed by atoms with Gasteiger partial charge in [0.1, 0.15) is 0 Å². The number of benzene rings is 3. The molecule has 0 bridgehead atoms. The Kier molecular flexibility index (Phi) is 6.56. The van der Waals surface area contributed by atoms with E-state index >= 15 is 0 Å². The summed E-state index contributed by atoms with van der Waals surface area (Å²) in [5.41, 5.74) is 4.04. The lowest BCUT2D eigenvalue weighted by Crippen LogP contribution is -2.19. The Labute approximate surface area is 200 Å².